The molecule has 25 heavy (non-hydrogen) atoms. The van der Waals surface area contributed by atoms with E-state index in [9.17, 15) is 9.59 Å². The molecule has 1 saturated heterocycles. The Bertz CT molecular complexity index is 771. The van der Waals surface area contributed by atoms with Crippen molar-refractivity contribution in [2.45, 2.75) is 19.9 Å². The van der Waals surface area contributed by atoms with Crippen molar-refractivity contribution in [3.05, 3.63) is 59.7 Å². The SMILES string of the molecule is COc1cccc(CNC(=O)[C@H]2CC(=O)N(c3ccc(C)cc3)C2)c1. The fourth-order valence-electron chi connectivity index (χ4n) is 2.97. The summed E-state index contributed by atoms with van der Waals surface area (Å²) in [7, 11) is 1.61. The zero-order valence-electron chi connectivity index (χ0n) is 14.5. The number of benzene rings is 2. The number of methoxy groups -OCH3 is 1. The van der Waals surface area contributed by atoms with Gasteiger partial charge in [0, 0.05) is 25.2 Å². The Balaban J connectivity index is 1.59. The molecule has 0 spiro atoms. The van der Waals surface area contributed by atoms with Gasteiger partial charge < -0.3 is 15.0 Å². The van der Waals surface area contributed by atoms with Crippen LogP contribution in [0.1, 0.15) is 17.5 Å². The molecule has 5 nitrogen and oxygen atoms in total. The maximum absolute atomic E-state index is 12.4. The summed E-state index contributed by atoms with van der Waals surface area (Å²) in [6, 6.07) is 15.4. The maximum atomic E-state index is 12.4. The van der Waals surface area contributed by atoms with Crippen LogP contribution in [0.3, 0.4) is 0 Å². The van der Waals surface area contributed by atoms with E-state index in [4.69, 9.17) is 4.74 Å². The Hall–Kier alpha value is -2.82. The minimum absolute atomic E-state index is 0.00890. The fourth-order valence-corrected chi connectivity index (χ4v) is 2.97. The maximum Gasteiger partial charge on any atom is 0.227 e. The lowest BCUT2D eigenvalue weighted by atomic mass is 10.1. The summed E-state index contributed by atoms with van der Waals surface area (Å²) in [5.41, 5.74) is 2.95. The summed E-state index contributed by atoms with van der Waals surface area (Å²) in [4.78, 5) is 26.4. The van der Waals surface area contributed by atoms with Gasteiger partial charge in [0.15, 0.2) is 0 Å². The average Bonchev–Trinajstić information content (AvgIpc) is 3.02. The second-order valence-electron chi connectivity index (χ2n) is 6.31. The molecule has 1 N–H and O–H groups in total. The minimum Gasteiger partial charge on any atom is -0.497 e. The number of anilines is 1. The predicted molar refractivity (Wildman–Crippen MR) is 96.5 cm³/mol. The van der Waals surface area contributed by atoms with E-state index >= 15 is 0 Å². The third-order valence-electron chi connectivity index (χ3n) is 4.44. The number of carbonyl (C=O) groups is 2. The van der Waals surface area contributed by atoms with Crippen LogP contribution >= 0.6 is 0 Å². The smallest absolute Gasteiger partial charge is 0.227 e. The van der Waals surface area contributed by atoms with E-state index < -0.39 is 0 Å². The first-order valence-electron chi connectivity index (χ1n) is 8.34. The van der Waals surface area contributed by atoms with E-state index in [0.29, 0.717) is 13.1 Å². The Morgan fingerprint density at radius 3 is 2.72 bits per heavy atom. The number of aryl methyl sites for hydroxylation is 1. The van der Waals surface area contributed by atoms with Crippen LogP contribution in [0.2, 0.25) is 0 Å². The van der Waals surface area contributed by atoms with Gasteiger partial charge in [-0.15, -0.1) is 0 Å². The van der Waals surface area contributed by atoms with Gasteiger partial charge in [0.05, 0.1) is 13.0 Å². The van der Waals surface area contributed by atoms with Gasteiger partial charge in [-0.3, -0.25) is 9.59 Å². The lowest BCUT2D eigenvalue weighted by molar-refractivity contribution is -0.126. The first-order chi connectivity index (χ1) is 12.1. The average molecular weight is 338 g/mol. The molecule has 0 radical (unpaired) electrons. The topological polar surface area (TPSA) is 58.6 Å². The number of amides is 2. The van der Waals surface area contributed by atoms with Crippen molar-refractivity contribution < 1.29 is 14.3 Å². The molecule has 0 saturated carbocycles. The number of rotatable bonds is 5. The highest BCUT2D eigenvalue weighted by Gasteiger charge is 2.34. The number of nitrogens with zero attached hydrogens (tertiary/aromatic N) is 1. The van der Waals surface area contributed by atoms with Gasteiger partial charge in [0.1, 0.15) is 5.75 Å². The van der Waals surface area contributed by atoms with Gasteiger partial charge >= 0.3 is 0 Å². The summed E-state index contributed by atoms with van der Waals surface area (Å²) in [6.07, 6.45) is 0.248. The van der Waals surface area contributed by atoms with E-state index in [-0.39, 0.29) is 24.2 Å². The summed E-state index contributed by atoms with van der Waals surface area (Å²) in [5.74, 6) is 0.337. The normalized spacial score (nSPS) is 16.8. The van der Waals surface area contributed by atoms with Crippen LogP contribution in [0.4, 0.5) is 5.69 Å². The molecule has 3 rings (SSSR count). The Labute approximate surface area is 147 Å². The quantitative estimate of drug-likeness (QED) is 0.912. The number of carbonyl (C=O) groups excluding carboxylic acids is 2. The predicted octanol–water partition coefficient (Wildman–Crippen LogP) is 2.67. The molecule has 1 fully saturated rings. The van der Waals surface area contributed by atoms with Gasteiger partial charge in [-0.05, 0) is 36.8 Å². The lowest BCUT2D eigenvalue weighted by Crippen LogP contribution is -2.32. The van der Waals surface area contributed by atoms with Crippen molar-refractivity contribution in [3.8, 4) is 5.75 Å². The molecule has 0 aliphatic carbocycles. The number of hydrogen-bond donors (Lipinski definition) is 1. The molecule has 2 amide bonds. The van der Waals surface area contributed by atoms with Crippen molar-refractivity contribution >= 4 is 17.5 Å². The van der Waals surface area contributed by atoms with Gasteiger partial charge in [-0.1, -0.05) is 29.8 Å². The molecular weight excluding hydrogens is 316 g/mol. The molecule has 1 heterocycles. The summed E-state index contributed by atoms with van der Waals surface area (Å²) >= 11 is 0. The monoisotopic (exact) mass is 338 g/mol. The van der Waals surface area contributed by atoms with Crippen LogP contribution in [-0.2, 0) is 16.1 Å². The zero-order valence-corrected chi connectivity index (χ0v) is 14.5. The summed E-state index contributed by atoms with van der Waals surface area (Å²) in [5, 5.41) is 2.92. The molecule has 1 aliphatic heterocycles. The number of hydrogen-bond acceptors (Lipinski definition) is 3. The van der Waals surface area contributed by atoms with Crippen LogP contribution in [0.25, 0.3) is 0 Å². The van der Waals surface area contributed by atoms with Crippen LogP contribution in [-0.4, -0.2) is 25.5 Å². The molecule has 1 atom stereocenters. The van der Waals surface area contributed by atoms with E-state index in [1.165, 1.54) is 0 Å². The first-order valence-corrected chi connectivity index (χ1v) is 8.34. The molecule has 0 bridgehead atoms. The van der Waals surface area contributed by atoms with E-state index in [1.54, 1.807) is 12.0 Å². The number of ether oxygens (including phenoxy) is 1. The highest BCUT2D eigenvalue weighted by atomic mass is 16.5. The molecule has 0 aromatic heterocycles. The van der Waals surface area contributed by atoms with Crippen molar-refractivity contribution in [2.24, 2.45) is 5.92 Å². The third-order valence-corrected chi connectivity index (χ3v) is 4.44. The van der Waals surface area contributed by atoms with Crippen molar-refractivity contribution in [1.82, 2.24) is 5.32 Å². The summed E-state index contributed by atoms with van der Waals surface area (Å²) in [6.45, 7) is 2.85. The van der Waals surface area contributed by atoms with Crippen molar-refractivity contribution in [1.29, 1.82) is 0 Å². The van der Waals surface area contributed by atoms with E-state index in [2.05, 4.69) is 5.32 Å². The van der Waals surface area contributed by atoms with E-state index in [1.807, 2.05) is 55.5 Å². The lowest BCUT2D eigenvalue weighted by Gasteiger charge is -2.17. The highest BCUT2D eigenvalue weighted by molar-refractivity contribution is 6.00. The minimum atomic E-state index is -0.320. The summed E-state index contributed by atoms with van der Waals surface area (Å²) < 4.78 is 5.18. The number of nitrogens with one attached hydrogen (secondary N) is 1. The third kappa shape index (κ3) is 3.99. The zero-order chi connectivity index (χ0) is 17.8. The first kappa shape index (κ1) is 17.0. The van der Waals surface area contributed by atoms with Gasteiger partial charge in [-0.2, -0.15) is 0 Å². The van der Waals surface area contributed by atoms with Crippen LogP contribution in [0.15, 0.2) is 48.5 Å². The standard InChI is InChI=1S/C20H22N2O3/c1-14-6-8-17(9-7-14)22-13-16(11-19(22)23)20(24)21-12-15-4-3-5-18(10-15)25-2/h3-10,16H,11-13H2,1-2H3,(H,21,24)/t16-/m0/s1. The van der Waals surface area contributed by atoms with Gasteiger partial charge in [-0.25, -0.2) is 0 Å². The van der Waals surface area contributed by atoms with Gasteiger partial charge in [0.25, 0.3) is 0 Å². The second kappa shape index (κ2) is 7.38. The molecule has 5 heteroatoms. The molecular formula is C20H22N2O3. The van der Waals surface area contributed by atoms with Crippen LogP contribution in [0, 0.1) is 12.8 Å². The van der Waals surface area contributed by atoms with Crippen molar-refractivity contribution in [3.63, 3.8) is 0 Å². The Morgan fingerprint density at radius 1 is 1.24 bits per heavy atom. The molecule has 1 aliphatic rings. The fraction of sp³-hybridized carbons (Fsp3) is 0.300. The Kier molecular flexibility index (Phi) is 5.03. The van der Waals surface area contributed by atoms with Gasteiger partial charge in [0.2, 0.25) is 11.8 Å². The van der Waals surface area contributed by atoms with Crippen LogP contribution < -0.4 is 15.0 Å². The molecule has 0 unspecified atom stereocenters. The molecule has 130 valence electrons. The van der Waals surface area contributed by atoms with E-state index in [0.717, 1.165) is 22.6 Å². The second-order valence-corrected chi connectivity index (χ2v) is 6.31. The van der Waals surface area contributed by atoms with Crippen molar-refractivity contribution in [2.75, 3.05) is 18.6 Å². The molecule has 2 aromatic carbocycles. The molecule has 2 aromatic rings. The largest absolute Gasteiger partial charge is 0.497 e. The van der Waals surface area contributed by atoms with Crippen LogP contribution in [0.5, 0.6) is 5.75 Å². The highest BCUT2D eigenvalue weighted by Crippen LogP contribution is 2.25. The Morgan fingerprint density at radius 2 is 2.00 bits per heavy atom.